The summed E-state index contributed by atoms with van der Waals surface area (Å²) in [7, 11) is 0. The Hall–Kier alpha value is -2.20. The third-order valence-electron chi connectivity index (χ3n) is 5.81. The fraction of sp³-hybridized carbons (Fsp3) is 0.480. The summed E-state index contributed by atoms with van der Waals surface area (Å²) in [6.07, 6.45) is -4.38. The summed E-state index contributed by atoms with van der Waals surface area (Å²) in [5, 5.41) is 0. The van der Waals surface area contributed by atoms with E-state index in [0.717, 1.165) is 24.3 Å². The van der Waals surface area contributed by atoms with Crippen LogP contribution in [0.2, 0.25) is 0 Å². The summed E-state index contributed by atoms with van der Waals surface area (Å²) in [6, 6.07) is 6.81. The number of hydrogen-bond acceptors (Lipinski definition) is 3. The van der Waals surface area contributed by atoms with Gasteiger partial charge in [0.15, 0.2) is 0 Å². The second-order valence-corrected chi connectivity index (χ2v) is 10.6. The Labute approximate surface area is 209 Å². The molecule has 0 aromatic heterocycles. The first-order valence-corrected chi connectivity index (χ1v) is 11.9. The summed E-state index contributed by atoms with van der Waals surface area (Å²) < 4.78 is 79.3. The average molecular weight is 564 g/mol. The highest BCUT2D eigenvalue weighted by atomic mass is 79.9. The molecule has 2 aromatic rings. The highest BCUT2D eigenvalue weighted by molar-refractivity contribution is 9.10. The number of carbonyl (C=O) groups excluding carboxylic acids is 1. The van der Waals surface area contributed by atoms with Crippen LogP contribution in [-0.4, -0.2) is 36.3 Å². The lowest BCUT2D eigenvalue weighted by molar-refractivity contribution is -0.137. The van der Waals surface area contributed by atoms with E-state index in [4.69, 9.17) is 9.47 Å². The van der Waals surface area contributed by atoms with E-state index >= 15 is 0 Å². The lowest BCUT2D eigenvalue weighted by Gasteiger charge is -2.42. The number of hydrogen-bond donors (Lipinski definition) is 0. The van der Waals surface area contributed by atoms with Crippen molar-refractivity contribution in [2.75, 3.05) is 19.7 Å². The van der Waals surface area contributed by atoms with Crippen LogP contribution in [0, 0.1) is 11.6 Å². The van der Waals surface area contributed by atoms with Gasteiger partial charge in [-0.1, -0.05) is 22.0 Å². The predicted octanol–water partition coefficient (Wildman–Crippen LogP) is 7.23. The monoisotopic (exact) mass is 563 g/mol. The molecule has 0 spiro atoms. The fourth-order valence-corrected chi connectivity index (χ4v) is 4.66. The SMILES string of the molecule is CC(C)(C)OC(=O)N1CCC(COCc2cc(Br)cc(C(F)(F)F)c2)(c2ccc(F)cc2F)CC1. The summed E-state index contributed by atoms with van der Waals surface area (Å²) >= 11 is 3.09. The summed E-state index contributed by atoms with van der Waals surface area (Å²) in [5.74, 6) is -1.46. The molecule has 0 atom stereocenters. The van der Waals surface area contributed by atoms with E-state index in [1.165, 1.54) is 17.0 Å². The van der Waals surface area contributed by atoms with Crippen LogP contribution in [0.1, 0.15) is 50.3 Å². The maximum absolute atomic E-state index is 14.8. The topological polar surface area (TPSA) is 38.8 Å². The van der Waals surface area contributed by atoms with Gasteiger partial charge in [-0.2, -0.15) is 13.2 Å². The zero-order valence-electron chi connectivity index (χ0n) is 19.6. The number of carbonyl (C=O) groups is 1. The quantitative estimate of drug-likeness (QED) is 0.360. The van der Waals surface area contributed by atoms with Gasteiger partial charge in [0.2, 0.25) is 0 Å². The molecule has 1 heterocycles. The Morgan fingerprint density at radius 2 is 1.71 bits per heavy atom. The standard InChI is InChI=1S/C25H27BrF5NO3/c1-23(2,3)35-22(33)32-8-6-24(7-9-32,20-5-4-19(27)13-21(20)28)15-34-14-16-10-17(25(29,30)31)12-18(26)11-16/h4-5,10-13H,6-9,14-15H2,1-3H3. The van der Waals surface area contributed by atoms with Crippen molar-refractivity contribution in [3.05, 3.63) is 69.2 Å². The number of rotatable bonds is 5. The van der Waals surface area contributed by atoms with Gasteiger partial charge in [0.25, 0.3) is 0 Å². The van der Waals surface area contributed by atoms with E-state index < -0.39 is 40.5 Å². The van der Waals surface area contributed by atoms with E-state index in [1.807, 2.05) is 0 Å². The van der Waals surface area contributed by atoms with Crippen LogP contribution in [-0.2, 0) is 27.7 Å². The van der Waals surface area contributed by atoms with Crippen molar-refractivity contribution in [2.45, 2.75) is 57.4 Å². The maximum atomic E-state index is 14.8. The van der Waals surface area contributed by atoms with Crippen molar-refractivity contribution in [3.8, 4) is 0 Å². The van der Waals surface area contributed by atoms with Gasteiger partial charge in [-0.05, 0) is 69.0 Å². The van der Waals surface area contributed by atoms with Crippen LogP contribution in [0.15, 0.2) is 40.9 Å². The van der Waals surface area contributed by atoms with Crippen LogP contribution < -0.4 is 0 Å². The van der Waals surface area contributed by atoms with Gasteiger partial charge < -0.3 is 14.4 Å². The van der Waals surface area contributed by atoms with Gasteiger partial charge in [0, 0.05) is 29.0 Å². The Morgan fingerprint density at radius 3 is 2.29 bits per heavy atom. The van der Waals surface area contributed by atoms with Gasteiger partial charge in [-0.3, -0.25) is 0 Å². The van der Waals surface area contributed by atoms with Crippen molar-refractivity contribution in [2.24, 2.45) is 0 Å². The first-order valence-electron chi connectivity index (χ1n) is 11.1. The van der Waals surface area contributed by atoms with Crippen LogP contribution in [0.4, 0.5) is 26.7 Å². The van der Waals surface area contributed by atoms with Crippen LogP contribution in [0.3, 0.4) is 0 Å². The Morgan fingerprint density at radius 1 is 1.06 bits per heavy atom. The van der Waals surface area contributed by atoms with Crippen LogP contribution in [0.25, 0.3) is 0 Å². The molecule has 10 heteroatoms. The van der Waals surface area contributed by atoms with Crippen molar-refractivity contribution in [1.29, 1.82) is 0 Å². The van der Waals surface area contributed by atoms with Gasteiger partial charge in [0.05, 0.1) is 18.8 Å². The molecule has 1 fully saturated rings. The van der Waals surface area contributed by atoms with E-state index in [-0.39, 0.29) is 36.3 Å². The molecule has 0 unspecified atom stereocenters. The summed E-state index contributed by atoms with van der Waals surface area (Å²) in [4.78, 5) is 14.0. The molecular weight excluding hydrogens is 537 g/mol. The van der Waals surface area contributed by atoms with Gasteiger partial charge in [-0.15, -0.1) is 0 Å². The number of ether oxygens (including phenoxy) is 2. The number of nitrogens with zero attached hydrogens (tertiary/aromatic N) is 1. The number of likely N-dealkylation sites (tertiary alicyclic amines) is 1. The zero-order valence-corrected chi connectivity index (χ0v) is 21.2. The highest BCUT2D eigenvalue weighted by Gasteiger charge is 2.40. The third-order valence-corrected chi connectivity index (χ3v) is 6.26. The molecule has 1 aliphatic rings. The minimum Gasteiger partial charge on any atom is -0.444 e. The summed E-state index contributed by atoms with van der Waals surface area (Å²) in [5.41, 5.74) is -1.83. The highest BCUT2D eigenvalue weighted by Crippen LogP contribution is 2.39. The molecular formula is C25H27BrF5NO3. The van der Waals surface area contributed by atoms with Crippen molar-refractivity contribution in [3.63, 3.8) is 0 Å². The van der Waals surface area contributed by atoms with Gasteiger partial charge >= 0.3 is 12.3 Å². The van der Waals surface area contributed by atoms with E-state index in [0.29, 0.717) is 18.4 Å². The smallest absolute Gasteiger partial charge is 0.416 e. The average Bonchev–Trinajstić information content (AvgIpc) is 2.72. The van der Waals surface area contributed by atoms with Gasteiger partial charge in [-0.25, -0.2) is 13.6 Å². The molecule has 4 nitrogen and oxygen atoms in total. The Bertz CT molecular complexity index is 1060. The van der Waals surface area contributed by atoms with Crippen LogP contribution >= 0.6 is 15.9 Å². The number of benzene rings is 2. The number of amides is 1. The van der Waals surface area contributed by atoms with E-state index in [9.17, 15) is 26.7 Å². The van der Waals surface area contributed by atoms with Crippen molar-refractivity contribution >= 4 is 22.0 Å². The molecule has 1 aliphatic heterocycles. The maximum Gasteiger partial charge on any atom is 0.416 e. The molecule has 1 saturated heterocycles. The van der Waals surface area contributed by atoms with Crippen molar-refractivity contribution in [1.82, 2.24) is 4.90 Å². The van der Waals surface area contributed by atoms with Crippen LogP contribution in [0.5, 0.6) is 0 Å². The molecule has 0 saturated carbocycles. The molecule has 0 N–H and O–H groups in total. The van der Waals surface area contributed by atoms with E-state index in [1.54, 1.807) is 20.8 Å². The third kappa shape index (κ3) is 7.16. The largest absolute Gasteiger partial charge is 0.444 e. The molecule has 1 amide bonds. The molecule has 35 heavy (non-hydrogen) atoms. The lowest BCUT2D eigenvalue weighted by Crippen LogP contribution is -2.49. The molecule has 3 rings (SSSR count). The second-order valence-electron chi connectivity index (χ2n) is 9.71. The molecule has 0 aliphatic carbocycles. The van der Waals surface area contributed by atoms with Crippen molar-refractivity contribution < 1.29 is 36.2 Å². The zero-order chi connectivity index (χ0) is 26.0. The lowest BCUT2D eigenvalue weighted by atomic mass is 9.73. The molecule has 2 aromatic carbocycles. The normalized spacial score (nSPS) is 16.3. The second kappa shape index (κ2) is 10.4. The number of alkyl halides is 3. The predicted molar refractivity (Wildman–Crippen MR) is 124 cm³/mol. The number of piperidine rings is 1. The molecule has 0 radical (unpaired) electrons. The van der Waals surface area contributed by atoms with E-state index in [2.05, 4.69) is 15.9 Å². The Balaban J connectivity index is 1.79. The Kier molecular flexibility index (Phi) is 8.16. The first-order chi connectivity index (χ1) is 16.2. The fourth-order valence-electron chi connectivity index (χ4n) is 4.12. The summed E-state index contributed by atoms with van der Waals surface area (Å²) in [6.45, 7) is 5.62. The first kappa shape index (κ1) is 27.4. The number of halogens is 6. The minimum atomic E-state index is -4.51. The minimum absolute atomic E-state index is 0.0222. The van der Waals surface area contributed by atoms with Gasteiger partial charge in [0.1, 0.15) is 17.2 Å². The molecule has 0 bridgehead atoms. The molecule has 192 valence electrons.